The van der Waals surface area contributed by atoms with Crippen LogP contribution in [0.4, 0.5) is 0 Å². The summed E-state index contributed by atoms with van der Waals surface area (Å²) in [4.78, 5) is 2.48. The Morgan fingerprint density at radius 3 is 2.13 bits per heavy atom. The largest absolute Gasteiger partial charge is 0.493 e. The van der Waals surface area contributed by atoms with Gasteiger partial charge in [-0.3, -0.25) is 4.90 Å². The number of nitrogens with zero attached hydrogens (tertiary/aromatic N) is 2. The van der Waals surface area contributed by atoms with Crippen LogP contribution in [0.15, 0.2) is 24.3 Å². The van der Waals surface area contributed by atoms with E-state index in [-0.39, 0.29) is 6.04 Å². The zero-order valence-electron chi connectivity index (χ0n) is 18.1. The van der Waals surface area contributed by atoms with Gasteiger partial charge in [0.2, 0.25) is 0 Å². The number of hydrogen-bond acceptors (Lipinski definition) is 6. The second-order valence-corrected chi connectivity index (χ2v) is 9.06. The molecule has 2 aromatic carbocycles. The molecule has 0 saturated heterocycles. The Morgan fingerprint density at radius 1 is 0.900 bits per heavy atom. The second kappa shape index (κ2) is 8.45. The van der Waals surface area contributed by atoms with Gasteiger partial charge in [-0.2, -0.15) is 8.51 Å². The predicted octanol–water partition coefficient (Wildman–Crippen LogP) is 2.89. The highest BCUT2D eigenvalue weighted by molar-refractivity contribution is 7.78. The summed E-state index contributed by atoms with van der Waals surface area (Å²) in [5.74, 6) is 2.63. The van der Waals surface area contributed by atoms with Gasteiger partial charge in [-0.15, -0.1) is 0 Å². The van der Waals surface area contributed by atoms with Crippen molar-refractivity contribution in [1.82, 2.24) is 9.21 Å². The van der Waals surface area contributed by atoms with Crippen LogP contribution >= 0.6 is 0 Å². The highest BCUT2D eigenvalue weighted by atomic mass is 32.2. The molecule has 0 amide bonds. The van der Waals surface area contributed by atoms with Crippen LogP contribution in [0.5, 0.6) is 23.0 Å². The molecular formula is C22H28N2O5S. The second-order valence-electron chi connectivity index (χ2n) is 7.73. The topological polar surface area (TPSA) is 60.5 Å². The summed E-state index contributed by atoms with van der Waals surface area (Å²) < 4.78 is 36.0. The zero-order valence-corrected chi connectivity index (χ0v) is 18.9. The molecule has 7 nitrogen and oxygen atoms in total. The molecule has 0 saturated carbocycles. The van der Waals surface area contributed by atoms with Gasteiger partial charge in [0, 0.05) is 33.2 Å². The van der Waals surface area contributed by atoms with Gasteiger partial charge < -0.3 is 18.4 Å². The van der Waals surface area contributed by atoms with Crippen molar-refractivity contribution in [2.24, 2.45) is 0 Å². The lowest BCUT2D eigenvalue weighted by Gasteiger charge is -2.41. The summed E-state index contributed by atoms with van der Waals surface area (Å²) in [6, 6.07) is 8.42. The number of ether oxygens (including phenoxy) is 3. The zero-order chi connectivity index (χ0) is 21.4. The molecule has 0 aliphatic carbocycles. The Bertz CT molecular complexity index is 978. The number of hydrogen-bond donors (Lipinski definition) is 0. The average Bonchev–Trinajstić information content (AvgIpc) is 2.76. The van der Waals surface area contributed by atoms with Gasteiger partial charge in [0.1, 0.15) is 0 Å². The fourth-order valence-electron chi connectivity index (χ4n) is 4.29. The normalized spacial score (nSPS) is 18.8. The molecule has 0 radical (unpaired) electrons. The predicted molar refractivity (Wildman–Crippen MR) is 116 cm³/mol. The van der Waals surface area contributed by atoms with Crippen molar-refractivity contribution in [1.29, 1.82) is 0 Å². The lowest BCUT2D eigenvalue weighted by Crippen LogP contribution is -2.39. The maximum atomic E-state index is 12.2. The van der Waals surface area contributed by atoms with E-state index in [2.05, 4.69) is 17.0 Å². The molecule has 2 aliphatic heterocycles. The van der Waals surface area contributed by atoms with Crippen molar-refractivity contribution < 1.29 is 22.6 Å². The molecule has 0 aromatic heterocycles. The first-order chi connectivity index (χ1) is 14.4. The molecular weight excluding hydrogens is 404 g/mol. The van der Waals surface area contributed by atoms with Crippen molar-refractivity contribution in [3.05, 3.63) is 46.5 Å². The minimum absolute atomic E-state index is 0.223. The fourth-order valence-corrected chi connectivity index (χ4v) is 4.73. The van der Waals surface area contributed by atoms with Gasteiger partial charge in [-0.25, -0.2) is 0 Å². The van der Waals surface area contributed by atoms with E-state index < -0.39 is 11.3 Å². The first-order valence-electron chi connectivity index (χ1n) is 9.91. The molecule has 0 bridgehead atoms. The number of benzene rings is 2. The Morgan fingerprint density at radius 2 is 1.50 bits per heavy atom. The van der Waals surface area contributed by atoms with E-state index in [0.29, 0.717) is 11.5 Å². The summed E-state index contributed by atoms with van der Waals surface area (Å²) in [7, 11) is 8.36. The standard InChI is InChI=1S/C22H28N2O5S/c1-23(2)30(25)29-22-12-17-14(9-21(22)28-5)6-7-24-13-16-11-20(27-4)19(26-3)10-15(16)8-18(17)24/h9-12,18H,6-8,13H2,1-5H3. The quantitative estimate of drug-likeness (QED) is 0.700. The molecule has 2 unspecified atom stereocenters. The summed E-state index contributed by atoms with van der Waals surface area (Å²) in [5.41, 5.74) is 4.98. The van der Waals surface area contributed by atoms with Crippen LogP contribution < -0.4 is 18.4 Å². The van der Waals surface area contributed by atoms with Gasteiger partial charge in [-0.1, -0.05) is 0 Å². The van der Waals surface area contributed by atoms with E-state index in [4.69, 9.17) is 18.4 Å². The number of fused-ring (bicyclic) bond motifs is 4. The molecule has 2 atom stereocenters. The lowest BCUT2D eigenvalue weighted by atomic mass is 9.83. The average molecular weight is 433 g/mol. The van der Waals surface area contributed by atoms with Gasteiger partial charge in [-0.05, 0) is 59.4 Å². The van der Waals surface area contributed by atoms with E-state index in [1.807, 2.05) is 12.1 Å². The first-order valence-corrected chi connectivity index (χ1v) is 10.9. The summed E-state index contributed by atoms with van der Waals surface area (Å²) in [6.07, 6.45) is 1.80. The van der Waals surface area contributed by atoms with Crippen LogP contribution in [0.25, 0.3) is 0 Å². The monoisotopic (exact) mass is 432 g/mol. The van der Waals surface area contributed by atoms with Crippen molar-refractivity contribution >= 4 is 11.3 Å². The highest BCUT2D eigenvalue weighted by Crippen LogP contribution is 2.44. The minimum Gasteiger partial charge on any atom is -0.493 e. The highest BCUT2D eigenvalue weighted by Gasteiger charge is 2.34. The molecule has 0 spiro atoms. The van der Waals surface area contributed by atoms with E-state index in [0.717, 1.165) is 37.4 Å². The van der Waals surface area contributed by atoms with Crippen molar-refractivity contribution in [2.75, 3.05) is 42.0 Å². The third-order valence-corrected chi connectivity index (χ3v) is 6.76. The smallest absolute Gasteiger partial charge is 0.290 e. The third-order valence-electron chi connectivity index (χ3n) is 5.85. The third kappa shape index (κ3) is 3.75. The van der Waals surface area contributed by atoms with E-state index in [1.54, 1.807) is 35.4 Å². The van der Waals surface area contributed by atoms with Crippen molar-refractivity contribution in [3.63, 3.8) is 0 Å². The Hall–Kier alpha value is -2.29. The van der Waals surface area contributed by atoms with E-state index in [9.17, 15) is 4.21 Å². The van der Waals surface area contributed by atoms with Crippen LogP contribution in [0.1, 0.15) is 28.3 Å². The molecule has 0 N–H and O–H groups in total. The number of rotatable bonds is 6. The van der Waals surface area contributed by atoms with Gasteiger partial charge in [0.25, 0.3) is 11.3 Å². The Balaban J connectivity index is 1.72. The van der Waals surface area contributed by atoms with Gasteiger partial charge in [0.15, 0.2) is 23.0 Å². The summed E-state index contributed by atoms with van der Waals surface area (Å²) >= 11 is -1.58. The lowest BCUT2D eigenvalue weighted by molar-refractivity contribution is 0.160. The molecule has 2 aromatic rings. The molecule has 162 valence electrons. The summed E-state index contributed by atoms with van der Waals surface area (Å²) in [6.45, 7) is 1.82. The van der Waals surface area contributed by atoms with Crippen LogP contribution in [0, 0.1) is 0 Å². The van der Waals surface area contributed by atoms with Crippen LogP contribution in [-0.4, -0.2) is 55.4 Å². The van der Waals surface area contributed by atoms with Crippen LogP contribution in [-0.2, 0) is 30.7 Å². The Labute approximate surface area is 180 Å². The molecule has 0 fully saturated rings. The fraction of sp³-hybridized carbons (Fsp3) is 0.455. The van der Waals surface area contributed by atoms with E-state index >= 15 is 0 Å². The van der Waals surface area contributed by atoms with Crippen LogP contribution in [0.3, 0.4) is 0 Å². The SMILES string of the molecule is COc1cc2c(cc1OC)CN1CCc3cc(OC)c(OS(=O)N(C)C)cc3C1C2. The maximum absolute atomic E-state index is 12.2. The van der Waals surface area contributed by atoms with E-state index in [1.165, 1.54) is 26.6 Å². The molecule has 2 aliphatic rings. The molecule has 8 heteroatoms. The van der Waals surface area contributed by atoms with Gasteiger partial charge in [0.05, 0.1) is 21.3 Å². The van der Waals surface area contributed by atoms with Gasteiger partial charge >= 0.3 is 0 Å². The Kier molecular flexibility index (Phi) is 5.90. The molecule has 2 heterocycles. The maximum Gasteiger partial charge on any atom is 0.290 e. The van der Waals surface area contributed by atoms with Crippen LogP contribution in [0.2, 0.25) is 0 Å². The van der Waals surface area contributed by atoms with Crippen molar-refractivity contribution in [3.8, 4) is 23.0 Å². The van der Waals surface area contributed by atoms with Crippen molar-refractivity contribution in [2.45, 2.75) is 25.4 Å². The molecule has 30 heavy (non-hydrogen) atoms. The number of methoxy groups -OCH3 is 3. The first kappa shape index (κ1) is 21.0. The molecule has 4 rings (SSSR count). The summed E-state index contributed by atoms with van der Waals surface area (Å²) in [5, 5.41) is 0. The minimum atomic E-state index is -1.58.